The molecule has 0 atom stereocenters. The Hall–Kier alpha value is -0.570. The topological polar surface area (TPSA) is 35.5 Å². The summed E-state index contributed by atoms with van der Waals surface area (Å²) >= 11 is 0. The largest absolute Gasteiger partial charge is 0.461 e. The van der Waals surface area contributed by atoms with E-state index in [4.69, 9.17) is 9.47 Å². The molecule has 0 aliphatic heterocycles. The van der Waals surface area contributed by atoms with Gasteiger partial charge in [0.05, 0.1) is 11.7 Å². The van der Waals surface area contributed by atoms with E-state index in [2.05, 4.69) is 0 Å². The SMILES string of the molecule is CC(C)OC(=O)C(C)(C)OC(C)(C)C. The molecule has 84 valence electrons. The minimum Gasteiger partial charge on any atom is -0.461 e. The van der Waals surface area contributed by atoms with Gasteiger partial charge < -0.3 is 9.47 Å². The molecule has 0 saturated carbocycles. The van der Waals surface area contributed by atoms with E-state index < -0.39 is 5.60 Å². The molecule has 0 radical (unpaired) electrons. The standard InChI is InChI=1S/C11H22O3/c1-8(2)13-9(12)11(6,7)14-10(3,4)5/h8H,1-7H3. The highest BCUT2D eigenvalue weighted by Gasteiger charge is 2.35. The lowest BCUT2D eigenvalue weighted by molar-refractivity contribution is -0.186. The van der Waals surface area contributed by atoms with E-state index in [1.165, 1.54) is 0 Å². The first-order chi connectivity index (χ1) is 6.04. The summed E-state index contributed by atoms with van der Waals surface area (Å²) in [6.45, 7) is 12.8. The average Bonchev–Trinajstić information content (AvgIpc) is 1.78. The maximum absolute atomic E-state index is 11.6. The first-order valence-corrected chi connectivity index (χ1v) is 4.96. The predicted octanol–water partition coefficient (Wildman–Crippen LogP) is 2.53. The maximum atomic E-state index is 11.6. The highest BCUT2D eigenvalue weighted by molar-refractivity contribution is 5.78. The van der Waals surface area contributed by atoms with Crippen molar-refractivity contribution in [3.8, 4) is 0 Å². The Bertz CT molecular complexity index is 199. The molecule has 0 aliphatic rings. The molecule has 0 fully saturated rings. The van der Waals surface area contributed by atoms with Gasteiger partial charge in [0.2, 0.25) is 0 Å². The van der Waals surface area contributed by atoms with Crippen molar-refractivity contribution in [2.45, 2.75) is 65.8 Å². The van der Waals surface area contributed by atoms with Crippen LogP contribution in [0.15, 0.2) is 0 Å². The lowest BCUT2D eigenvalue weighted by Crippen LogP contribution is -2.43. The zero-order chi connectivity index (χ0) is 11.6. The molecule has 0 N–H and O–H groups in total. The molecule has 0 saturated heterocycles. The molecule has 0 aromatic rings. The van der Waals surface area contributed by atoms with E-state index in [9.17, 15) is 4.79 Å². The minimum absolute atomic E-state index is 0.106. The lowest BCUT2D eigenvalue weighted by atomic mass is 10.1. The van der Waals surface area contributed by atoms with Crippen molar-refractivity contribution in [2.24, 2.45) is 0 Å². The van der Waals surface area contributed by atoms with Crippen molar-refractivity contribution in [3.63, 3.8) is 0 Å². The third-order valence-electron chi connectivity index (χ3n) is 1.40. The molecule has 14 heavy (non-hydrogen) atoms. The number of hydrogen-bond acceptors (Lipinski definition) is 3. The second-order valence-electron chi connectivity index (χ2n) is 5.18. The molecule has 0 unspecified atom stereocenters. The van der Waals surface area contributed by atoms with Gasteiger partial charge in [-0.1, -0.05) is 0 Å². The van der Waals surface area contributed by atoms with Gasteiger partial charge >= 0.3 is 5.97 Å². The smallest absolute Gasteiger partial charge is 0.338 e. The summed E-state index contributed by atoms with van der Waals surface area (Å²) in [5, 5.41) is 0. The fourth-order valence-electron chi connectivity index (χ4n) is 1.16. The quantitative estimate of drug-likeness (QED) is 0.660. The Morgan fingerprint density at radius 2 is 1.50 bits per heavy atom. The predicted molar refractivity (Wildman–Crippen MR) is 56.1 cm³/mol. The van der Waals surface area contributed by atoms with Gasteiger partial charge in [0, 0.05) is 0 Å². The van der Waals surface area contributed by atoms with Crippen LogP contribution < -0.4 is 0 Å². The first-order valence-electron chi connectivity index (χ1n) is 4.96. The van der Waals surface area contributed by atoms with Gasteiger partial charge in [-0.25, -0.2) is 4.79 Å². The molecule has 0 rings (SSSR count). The van der Waals surface area contributed by atoms with Crippen molar-refractivity contribution >= 4 is 5.97 Å². The maximum Gasteiger partial charge on any atom is 0.338 e. The summed E-state index contributed by atoms with van der Waals surface area (Å²) in [6.07, 6.45) is -0.106. The van der Waals surface area contributed by atoms with Crippen molar-refractivity contribution in [1.29, 1.82) is 0 Å². The van der Waals surface area contributed by atoms with E-state index in [0.29, 0.717) is 0 Å². The highest BCUT2D eigenvalue weighted by Crippen LogP contribution is 2.21. The van der Waals surface area contributed by atoms with Crippen LogP contribution >= 0.6 is 0 Å². The monoisotopic (exact) mass is 202 g/mol. The highest BCUT2D eigenvalue weighted by atomic mass is 16.6. The van der Waals surface area contributed by atoms with Crippen LogP contribution in [0.5, 0.6) is 0 Å². The Kier molecular flexibility index (Phi) is 4.13. The van der Waals surface area contributed by atoms with Gasteiger partial charge in [-0.15, -0.1) is 0 Å². The van der Waals surface area contributed by atoms with E-state index in [0.717, 1.165) is 0 Å². The molecule has 0 heterocycles. The van der Waals surface area contributed by atoms with Crippen LogP contribution in [-0.4, -0.2) is 23.3 Å². The number of carbonyl (C=O) groups excluding carboxylic acids is 1. The second-order valence-corrected chi connectivity index (χ2v) is 5.18. The summed E-state index contributed by atoms with van der Waals surface area (Å²) in [5.41, 5.74) is -1.23. The van der Waals surface area contributed by atoms with Gasteiger partial charge in [-0.3, -0.25) is 0 Å². The van der Waals surface area contributed by atoms with Gasteiger partial charge in [-0.05, 0) is 48.5 Å². The molecule has 0 aliphatic carbocycles. The zero-order valence-corrected chi connectivity index (χ0v) is 10.3. The lowest BCUT2D eigenvalue weighted by Gasteiger charge is -2.32. The minimum atomic E-state index is -0.886. The van der Waals surface area contributed by atoms with E-state index in [1.54, 1.807) is 13.8 Å². The van der Waals surface area contributed by atoms with Crippen LogP contribution in [0.3, 0.4) is 0 Å². The van der Waals surface area contributed by atoms with Crippen LogP contribution in [-0.2, 0) is 14.3 Å². The van der Waals surface area contributed by atoms with Gasteiger partial charge in [0.25, 0.3) is 0 Å². The van der Waals surface area contributed by atoms with E-state index >= 15 is 0 Å². The Morgan fingerprint density at radius 1 is 1.07 bits per heavy atom. The summed E-state index contributed by atoms with van der Waals surface area (Å²) < 4.78 is 10.7. The molecule has 0 aromatic heterocycles. The number of rotatable bonds is 3. The first kappa shape index (κ1) is 13.4. The van der Waals surface area contributed by atoms with E-state index in [-0.39, 0.29) is 17.7 Å². The molecule has 3 heteroatoms. The van der Waals surface area contributed by atoms with Crippen molar-refractivity contribution < 1.29 is 14.3 Å². The Labute approximate surface area is 86.8 Å². The molecule has 0 amide bonds. The average molecular weight is 202 g/mol. The third-order valence-corrected chi connectivity index (χ3v) is 1.40. The van der Waals surface area contributed by atoms with Gasteiger partial charge in [0.1, 0.15) is 0 Å². The molecular weight excluding hydrogens is 180 g/mol. The molecule has 3 nitrogen and oxygen atoms in total. The summed E-state index contributed by atoms with van der Waals surface area (Å²) in [5.74, 6) is -0.317. The normalized spacial score (nSPS) is 13.1. The Balaban J connectivity index is 4.38. The number of esters is 1. The van der Waals surface area contributed by atoms with Crippen LogP contribution in [0, 0.1) is 0 Å². The summed E-state index contributed by atoms with van der Waals surface area (Å²) in [7, 11) is 0. The van der Waals surface area contributed by atoms with Crippen LogP contribution in [0.2, 0.25) is 0 Å². The van der Waals surface area contributed by atoms with Crippen molar-refractivity contribution in [1.82, 2.24) is 0 Å². The second kappa shape index (κ2) is 4.30. The van der Waals surface area contributed by atoms with Crippen LogP contribution in [0.4, 0.5) is 0 Å². The summed E-state index contributed by atoms with van der Waals surface area (Å²) in [4.78, 5) is 11.6. The van der Waals surface area contributed by atoms with Crippen LogP contribution in [0.1, 0.15) is 48.5 Å². The van der Waals surface area contributed by atoms with Crippen molar-refractivity contribution in [3.05, 3.63) is 0 Å². The molecule has 0 aromatic carbocycles. The molecule has 0 spiro atoms. The fourth-order valence-corrected chi connectivity index (χ4v) is 1.16. The molecule has 0 bridgehead atoms. The number of carbonyl (C=O) groups is 1. The Morgan fingerprint density at radius 3 is 1.79 bits per heavy atom. The zero-order valence-electron chi connectivity index (χ0n) is 10.3. The third kappa shape index (κ3) is 5.22. The fraction of sp³-hybridized carbons (Fsp3) is 0.909. The van der Waals surface area contributed by atoms with Crippen LogP contribution in [0.25, 0.3) is 0 Å². The van der Waals surface area contributed by atoms with Crippen molar-refractivity contribution in [2.75, 3.05) is 0 Å². The molecular formula is C11H22O3. The van der Waals surface area contributed by atoms with Gasteiger partial charge in [-0.2, -0.15) is 0 Å². The van der Waals surface area contributed by atoms with E-state index in [1.807, 2.05) is 34.6 Å². The number of ether oxygens (including phenoxy) is 2. The van der Waals surface area contributed by atoms with Gasteiger partial charge in [0.15, 0.2) is 5.60 Å². The number of hydrogen-bond donors (Lipinski definition) is 0. The summed E-state index contributed by atoms with van der Waals surface area (Å²) in [6, 6.07) is 0.